The van der Waals surface area contributed by atoms with Crippen LogP contribution in [-0.4, -0.2) is 47.8 Å². The van der Waals surface area contributed by atoms with Gasteiger partial charge in [0, 0.05) is 26.7 Å². The Balaban J connectivity index is 2.56. The summed E-state index contributed by atoms with van der Waals surface area (Å²) in [5.74, 6) is -0.0507. The van der Waals surface area contributed by atoms with Gasteiger partial charge in [0.05, 0.1) is 0 Å². The lowest BCUT2D eigenvalue weighted by Gasteiger charge is -2.31. The van der Waals surface area contributed by atoms with Crippen molar-refractivity contribution in [3.8, 4) is 0 Å². The molecule has 17 heavy (non-hydrogen) atoms. The topological polar surface area (TPSA) is 122 Å². The molecule has 102 valence electrons. The number of nitrogens with one attached hydrogen (secondary N) is 2. The molecule has 1 fully saturated rings. The molecule has 1 saturated heterocycles. The smallest absolute Gasteiger partial charge is 0.216 e. The second-order valence-corrected chi connectivity index (χ2v) is 7.22. The van der Waals surface area contributed by atoms with Crippen molar-refractivity contribution in [2.75, 3.05) is 26.7 Å². The summed E-state index contributed by atoms with van der Waals surface area (Å²) in [6, 6.07) is 0. The van der Waals surface area contributed by atoms with E-state index in [4.69, 9.17) is 5.14 Å². The number of hydrogen-bond acceptors (Lipinski definition) is 4. The van der Waals surface area contributed by atoms with Crippen molar-refractivity contribution in [1.82, 2.24) is 13.7 Å². The minimum absolute atomic E-state index is 0.0507. The van der Waals surface area contributed by atoms with Crippen molar-refractivity contribution in [3.05, 3.63) is 0 Å². The lowest BCUT2D eigenvalue weighted by atomic mass is 10.0. The summed E-state index contributed by atoms with van der Waals surface area (Å²) < 4.78 is 50.3. The van der Waals surface area contributed by atoms with Gasteiger partial charge in [0.15, 0.2) is 0 Å². The number of nitrogens with two attached hydrogens (primary N) is 1. The lowest BCUT2D eigenvalue weighted by Crippen LogP contribution is -2.47. The van der Waals surface area contributed by atoms with Crippen molar-refractivity contribution in [1.29, 1.82) is 0 Å². The molecule has 0 aromatic carbocycles. The van der Waals surface area contributed by atoms with Crippen LogP contribution in [0.3, 0.4) is 0 Å². The van der Waals surface area contributed by atoms with E-state index >= 15 is 0 Å². The van der Waals surface area contributed by atoms with Gasteiger partial charge < -0.3 is 0 Å². The third kappa shape index (κ3) is 4.85. The molecule has 1 rings (SSSR count). The molecule has 0 spiro atoms. The van der Waals surface area contributed by atoms with Crippen molar-refractivity contribution < 1.29 is 16.8 Å². The molecule has 1 unspecified atom stereocenters. The predicted octanol–water partition coefficient (Wildman–Crippen LogP) is -2.04. The third-order valence-corrected chi connectivity index (χ3v) is 4.75. The van der Waals surface area contributed by atoms with E-state index in [1.165, 1.54) is 11.4 Å². The second kappa shape index (κ2) is 5.59. The van der Waals surface area contributed by atoms with Crippen molar-refractivity contribution in [2.45, 2.75) is 12.8 Å². The summed E-state index contributed by atoms with van der Waals surface area (Å²) in [5, 5.41) is 4.82. The SMILES string of the molecule is CNS(=O)(=O)N1CCCC(CNS(N)(=O)=O)C1. The Labute approximate surface area is 102 Å². The van der Waals surface area contributed by atoms with E-state index in [1.54, 1.807) is 0 Å². The first-order valence-corrected chi connectivity index (χ1v) is 8.19. The molecule has 1 aliphatic rings. The van der Waals surface area contributed by atoms with Crippen molar-refractivity contribution in [3.63, 3.8) is 0 Å². The highest BCUT2D eigenvalue weighted by molar-refractivity contribution is 7.87. The Morgan fingerprint density at radius 1 is 1.35 bits per heavy atom. The lowest BCUT2D eigenvalue weighted by molar-refractivity contribution is 0.265. The Bertz CT molecular complexity index is 446. The Morgan fingerprint density at radius 2 is 2.00 bits per heavy atom. The molecule has 1 atom stereocenters. The fourth-order valence-corrected chi connectivity index (χ4v) is 3.28. The average molecular weight is 286 g/mol. The quantitative estimate of drug-likeness (QED) is 0.539. The summed E-state index contributed by atoms with van der Waals surface area (Å²) in [5.41, 5.74) is 0. The van der Waals surface area contributed by atoms with Gasteiger partial charge in [-0.1, -0.05) is 0 Å². The average Bonchev–Trinajstić information content (AvgIpc) is 2.26. The van der Waals surface area contributed by atoms with Gasteiger partial charge in [-0.2, -0.15) is 21.1 Å². The van der Waals surface area contributed by atoms with Gasteiger partial charge >= 0.3 is 0 Å². The maximum absolute atomic E-state index is 11.6. The number of nitrogens with zero attached hydrogens (tertiary/aromatic N) is 1. The zero-order chi connectivity index (χ0) is 13.1. The Kier molecular flexibility index (Phi) is 4.86. The van der Waals surface area contributed by atoms with Gasteiger partial charge in [-0.3, -0.25) is 0 Å². The molecule has 1 aliphatic heterocycles. The van der Waals surface area contributed by atoms with Gasteiger partial charge in [-0.25, -0.2) is 14.6 Å². The summed E-state index contributed by atoms with van der Waals surface area (Å²) in [6.07, 6.45) is 1.48. The van der Waals surface area contributed by atoms with Gasteiger partial charge in [0.25, 0.3) is 20.4 Å². The summed E-state index contributed by atoms with van der Waals surface area (Å²) >= 11 is 0. The minimum Gasteiger partial charge on any atom is -0.216 e. The van der Waals surface area contributed by atoms with Crippen LogP contribution in [0.1, 0.15) is 12.8 Å². The number of piperidine rings is 1. The fourth-order valence-electron chi connectivity index (χ4n) is 1.77. The molecule has 0 aromatic rings. The summed E-state index contributed by atoms with van der Waals surface area (Å²) in [4.78, 5) is 0. The zero-order valence-electron chi connectivity index (χ0n) is 9.59. The first-order chi connectivity index (χ1) is 7.74. The molecular formula is C7H18N4O4S2. The second-order valence-electron chi connectivity index (χ2n) is 3.97. The highest BCUT2D eigenvalue weighted by atomic mass is 32.2. The summed E-state index contributed by atoms with van der Waals surface area (Å²) in [6.45, 7) is 0.912. The maximum atomic E-state index is 11.6. The molecule has 10 heteroatoms. The van der Waals surface area contributed by atoms with Crippen LogP contribution < -0.4 is 14.6 Å². The molecular weight excluding hydrogens is 268 g/mol. The van der Waals surface area contributed by atoms with Crippen LogP contribution in [0.5, 0.6) is 0 Å². The van der Waals surface area contributed by atoms with Crippen molar-refractivity contribution >= 4 is 20.4 Å². The maximum Gasteiger partial charge on any atom is 0.279 e. The molecule has 0 aliphatic carbocycles. The third-order valence-electron chi connectivity index (χ3n) is 2.65. The van der Waals surface area contributed by atoms with E-state index in [0.717, 1.165) is 6.42 Å². The van der Waals surface area contributed by atoms with Gasteiger partial charge in [0.1, 0.15) is 0 Å². The normalized spacial score (nSPS) is 23.8. The van der Waals surface area contributed by atoms with E-state index in [0.29, 0.717) is 19.5 Å². The van der Waals surface area contributed by atoms with E-state index in [2.05, 4.69) is 9.44 Å². The van der Waals surface area contributed by atoms with Crippen LogP contribution in [0.15, 0.2) is 0 Å². The molecule has 0 amide bonds. The molecule has 0 saturated carbocycles. The zero-order valence-corrected chi connectivity index (χ0v) is 11.2. The molecule has 4 N–H and O–H groups in total. The highest BCUT2D eigenvalue weighted by Crippen LogP contribution is 2.17. The minimum atomic E-state index is -3.72. The van der Waals surface area contributed by atoms with E-state index in [1.807, 2.05) is 0 Å². The highest BCUT2D eigenvalue weighted by Gasteiger charge is 2.28. The van der Waals surface area contributed by atoms with Crippen LogP contribution in [0, 0.1) is 5.92 Å². The van der Waals surface area contributed by atoms with Crippen LogP contribution in [-0.2, 0) is 20.4 Å². The molecule has 0 bridgehead atoms. The first-order valence-electron chi connectivity index (χ1n) is 5.20. The van der Waals surface area contributed by atoms with Crippen LogP contribution in [0.25, 0.3) is 0 Å². The monoisotopic (exact) mass is 286 g/mol. The largest absolute Gasteiger partial charge is 0.279 e. The van der Waals surface area contributed by atoms with Crippen LogP contribution in [0.2, 0.25) is 0 Å². The molecule has 0 radical (unpaired) electrons. The van der Waals surface area contributed by atoms with Gasteiger partial charge in [-0.05, 0) is 18.8 Å². The van der Waals surface area contributed by atoms with E-state index < -0.39 is 20.4 Å². The first kappa shape index (κ1) is 14.8. The predicted molar refractivity (Wildman–Crippen MR) is 63.4 cm³/mol. The molecule has 1 heterocycles. The number of rotatable bonds is 5. The van der Waals surface area contributed by atoms with E-state index in [9.17, 15) is 16.8 Å². The van der Waals surface area contributed by atoms with Crippen LogP contribution in [0.4, 0.5) is 0 Å². The molecule has 0 aromatic heterocycles. The Morgan fingerprint density at radius 3 is 2.53 bits per heavy atom. The van der Waals surface area contributed by atoms with Gasteiger partial charge in [0.2, 0.25) is 0 Å². The van der Waals surface area contributed by atoms with Crippen molar-refractivity contribution in [2.24, 2.45) is 11.1 Å². The standard InChI is InChI=1S/C7H18N4O4S2/c1-9-17(14,15)11-4-2-3-7(6-11)5-10-16(8,12)13/h7,9-10H,2-6H2,1H3,(H2,8,12,13). The van der Waals surface area contributed by atoms with Gasteiger partial charge in [-0.15, -0.1) is 0 Å². The molecule has 8 nitrogen and oxygen atoms in total. The summed E-state index contributed by atoms with van der Waals surface area (Å²) in [7, 11) is -5.80. The van der Waals surface area contributed by atoms with Crippen LogP contribution >= 0.6 is 0 Å². The fraction of sp³-hybridized carbons (Fsp3) is 1.00. The van der Waals surface area contributed by atoms with E-state index in [-0.39, 0.29) is 12.5 Å². The Hall–Kier alpha value is -0.260. The number of hydrogen-bond donors (Lipinski definition) is 3.